The summed E-state index contributed by atoms with van der Waals surface area (Å²) in [5.74, 6) is 0.515. The molecule has 0 saturated carbocycles. The number of nitrogens with one attached hydrogen (secondary N) is 3. The number of hydrogen-bond donors (Lipinski definition) is 4. The topological polar surface area (TPSA) is 105 Å². The molecule has 0 unspecified atom stereocenters. The quantitative estimate of drug-likeness (QED) is 0.498. The SMILES string of the molecule is Nc1c(NNC(=O)Cc2ccccc2)ncnc1Nc1ccc(Cl)cc1. The molecular weight excluding hydrogens is 352 g/mol. The molecule has 8 heteroatoms. The first-order chi connectivity index (χ1) is 12.6. The van der Waals surface area contributed by atoms with E-state index in [1.807, 2.05) is 30.3 Å². The molecule has 0 bridgehead atoms. The summed E-state index contributed by atoms with van der Waals surface area (Å²) in [5, 5.41) is 3.71. The molecule has 1 heterocycles. The van der Waals surface area contributed by atoms with Gasteiger partial charge in [-0.1, -0.05) is 41.9 Å². The molecule has 0 aliphatic carbocycles. The van der Waals surface area contributed by atoms with E-state index in [0.29, 0.717) is 16.7 Å². The Morgan fingerprint density at radius 1 is 1.00 bits per heavy atom. The number of nitrogens with zero attached hydrogens (tertiary/aromatic N) is 2. The highest BCUT2D eigenvalue weighted by Gasteiger charge is 2.10. The molecule has 0 atom stereocenters. The van der Waals surface area contributed by atoms with Crippen LogP contribution >= 0.6 is 11.6 Å². The molecule has 5 N–H and O–H groups in total. The monoisotopic (exact) mass is 368 g/mol. The van der Waals surface area contributed by atoms with Crippen molar-refractivity contribution in [1.29, 1.82) is 0 Å². The summed E-state index contributed by atoms with van der Waals surface area (Å²) in [6.07, 6.45) is 1.59. The summed E-state index contributed by atoms with van der Waals surface area (Å²) >= 11 is 5.87. The van der Waals surface area contributed by atoms with Gasteiger partial charge in [0.25, 0.3) is 0 Å². The Bertz CT molecular complexity index is 886. The lowest BCUT2D eigenvalue weighted by atomic mass is 10.1. The minimum absolute atomic E-state index is 0.207. The molecule has 0 spiro atoms. The maximum atomic E-state index is 12.0. The van der Waals surface area contributed by atoms with Crippen molar-refractivity contribution < 1.29 is 4.79 Å². The van der Waals surface area contributed by atoms with E-state index in [1.54, 1.807) is 24.3 Å². The molecular formula is C18H17ClN6O. The van der Waals surface area contributed by atoms with Crippen LogP contribution in [0, 0.1) is 0 Å². The lowest BCUT2D eigenvalue weighted by Crippen LogP contribution is -2.31. The van der Waals surface area contributed by atoms with Crippen LogP contribution < -0.4 is 21.9 Å². The van der Waals surface area contributed by atoms with E-state index in [-0.39, 0.29) is 18.0 Å². The van der Waals surface area contributed by atoms with Gasteiger partial charge in [0.1, 0.15) is 12.0 Å². The number of rotatable bonds is 6. The van der Waals surface area contributed by atoms with Crippen molar-refractivity contribution in [1.82, 2.24) is 15.4 Å². The molecule has 0 fully saturated rings. The fourth-order valence-corrected chi connectivity index (χ4v) is 2.35. The largest absolute Gasteiger partial charge is 0.393 e. The van der Waals surface area contributed by atoms with Crippen LogP contribution in [0.3, 0.4) is 0 Å². The number of nitrogens with two attached hydrogens (primary N) is 1. The Labute approximate surface area is 155 Å². The van der Waals surface area contributed by atoms with Crippen molar-refractivity contribution in [2.45, 2.75) is 6.42 Å². The number of hydrazine groups is 1. The van der Waals surface area contributed by atoms with Crippen LogP contribution in [-0.4, -0.2) is 15.9 Å². The van der Waals surface area contributed by atoms with Crippen molar-refractivity contribution in [3.05, 3.63) is 71.5 Å². The minimum Gasteiger partial charge on any atom is -0.393 e. The van der Waals surface area contributed by atoms with Crippen molar-refractivity contribution >= 4 is 40.5 Å². The molecule has 0 aliphatic rings. The zero-order valence-corrected chi connectivity index (χ0v) is 14.5. The molecule has 0 radical (unpaired) electrons. The number of halogens is 1. The molecule has 2 aromatic carbocycles. The maximum Gasteiger partial charge on any atom is 0.242 e. The second-order valence-electron chi connectivity index (χ2n) is 5.45. The Kier molecular flexibility index (Phi) is 5.50. The summed E-state index contributed by atoms with van der Waals surface area (Å²) in [7, 11) is 0. The maximum absolute atomic E-state index is 12.0. The first-order valence-electron chi connectivity index (χ1n) is 7.83. The van der Waals surface area contributed by atoms with E-state index in [9.17, 15) is 4.79 Å². The van der Waals surface area contributed by atoms with E-state index in [0.717, 1.165) is 11.3 Å². The van der Waals surface area contributed by atoms with Gasteiger partial charge in [-0.15, -0.1) is 0 Å². The van der Waals surface area contributed by atoms with E-state index >= 15 is 0 Å². The molecule has 26 heavy (non-hydrogen) atoms. The number of benzene rings is 2. The summed E-state index contributed by atoms with van der Waals surface area (Å²) in [5.41, 5.74) is 13.4. The highest BCUT2D eigenvalue weighted by atomic mass is 35.5. The predicted molar refractivity (Wildman–Crippen MR) is 103 cm³/mol. The van der Waals surface area contributed by atoms with Gasteiger partial charge in [-0.05, 0) is 29.8 Å². The van der Waals surface area contributed by atoms with E-state index in [4.69, 9.17) is 17.3 Å². The van der Waals surface area contributed by atoms with Crippen LogP contribution in [0.5, 0.6) is 0 Å². The van der Waals surface area contributed by atoms with Gasteiger partial charge in [0.15, 0.2) is 11.6 Å². The third-order valence-electron chi connectivity index (χ3n) is 3.52. The lowest BCUT2D eigenvalue weighted by Gasteiger charge is -2.13. The number of anilines is 4. The number of carbonyl (C=O) groups excluding carboxylic acids is 1. The van der Waals surface area contributed by atoms with Crippen LogP contribution in [0.2, 0.25) is 5.02 Å². The van der Waals surface area contributed by atoms with Gasteiger partial charge in [0.05, 0.1) is 6.42 Å². The van der Waals surface area contributed by atoms with Gasteiger partial charge in [0.2, 0.25) is 5.91 Å². The Morgan fingerprint density at radius 2 is 1.69 bits per heavy atom. The molecule has 1 aromatic heterocycles. The van der Waals surface area contributed by atoms with Gasteiger partial charge >= 0.3 is 0 Å². The van der Waals surface area contributed by atoms with Crippen molar-refractivity contribution in [3.63, 3.8) is 0 Å². The molecule has 7 nitrogen and oxygen atoms in total. The Balaban J connectivity index is 1.63. The van der Waals surface area contributed by atoms with Crippen molar-refractivity contribution in [3.8, 4) is 0 Å². The first-order valence-corrected chi connectivity index (χ1v) is 8.21. The second kappa shape index (κ2) is 8.17. The lowest BCUT2D eigenvalue weighted by molar-refractivity contribution is -0.119. The highest BCUT2D eigenvalue weighted by molar-refractivity contribution is 6.30. The fourth-order valence-electron chi connectivity index (χ4n) is 2.22. The van der Waals surface area contributed by atoms with Gasteiger partial charge in [-0.25, -0.2) is 9.97 Å². The van der Waals surface area contributed by atoms with E-state index < -0.39 is 0 Å². The van der Waals surface area contributed by atoms with Crippen LogP contribution in [0.4, 0.5) is 23.0 Å². The average molecular weight is 369 g/mol. The van der Waals surface area contributed by atoms with Crippen LogP contribution in [0.25, 0.3) is 0 Å². The predicted octanol–water partition coefficient (Wildman–Crippen LogP) is 3.14. The number of nitrogen functional groups attached to an aromatic ring is 1. The van der Waals surface area contributed by atoms with Gasteiger partial charge in [-0.2, -0.15) is 0 Å². The van der Waals surface area contributed by atoms with Crippen LogP contribution in [0.15, 0.2) is 60.9 Å². The van der Waals surface area contributed by atoms with E-state index in [2.05, 4.69) is 26.1 Å². The van der Waals surface area contributed by atoms with Crippen LogP contribution in [-0.2, 0) is 11.2 Å². The highest BCUT2D eigenvalue weighted by Crippen LogP contribution is 2.25. The molecule has 0 aliphatic heterocycles. The standard InChI is InChI=1S/C18H17ClN6O/c19-13-6-8-14(9-7-13)23-17-16(20)18(22-11-21-17)25-24-15(26)10-12-4-2-1-3-5-12/h1-9,11H,10,20H2,(H,24,26)(H2,21,22,23,25). The number of carbonyl (C=O) groups is 1. The van der Waals surface area contributed by atoms with Crippen molar-refractivity contribution in [2.75, 3.05) is 16.5 Å². The van der Waals surface area contributed by atoms with Gasteiger partial charge < -0.3 is 11.1 Å². The number of amides is 1. The summed E-state index contributed by atoms with van der Waals surface area (Å²) in [6.45, 7) is 0. The second-order valence-corrected chi connectivity index (χ2v) is 5.89. The van der Waals surface area contributed by atoms with Crippen molar-refractivity contribution in [2.24, 2.45) is 0 Å². The summed E-state index contributed by atoms with van der Waals surface area (Å²) < 4.78 is 0. The molecule has 132 valence electrons. The average Bonchev–Trinajstić information content (AvgIpc) is 2.65. The Hall–Kier alpha value is -3.32. The Morgan fingerprint density at radius 3 is 2.42 bits per heavy atom. The minimum atomic E-state index is -0.207. The smallest absolute Gasteiger partial charge is 0.242 e. The van der Waals surface area contributed by atoms with E-state index in [1.165, 1.54) is 6.33 Å². The van der Waals surface area contributed by atoms with Gasteiger partial charge in [0, 0.05) is 10.7 Å². The third kappa shape index (κ3) is 4.61. The van der Waals surface area contributed by atoms with Crippen LogP contribution in [0.1, 0.15) is 5.56 Å². The number of aromatic nitrogens is 2. The first kappa shape index (κ1) is 17.5. The zero-order chi connectivity index (χ0) is 18.4. The zero-order valence-electron chi connectivity index (χ0n) is 13.7. The molecule has 3 rings (SSSR count). The van der Waals surface area contributed by atoms with Gasteiger partial charge in [-0.3, -0.25) is 15.6 Å². The summed E-state index contributed by atoms with van der Waals surface area (Å²) in [6, 6.07) is 16.5. The molecule has 0 saturated heterocycles. The fraction of sp³-hybridized carbons (Fsp3) is 0.0556. The molecule has 1 amide bonds. The molecule has 3 aromatic rings. The normalized spacial score (nSPS) is 10.2. The third-order valence-corrected chi connectivity index (χ3v) is 3.77. The summed E-state index contributed by atoms with van der Waals surface area (Å²) in [4.78, 5) is 20.2. The number of hydrogen-bond acceptors (Lipinski definition) is 6.